The van der Waals surface area contributed by atoms with Crippen molar-refractivity contribution in [1.82, 2.24) is 5.32 Å². The smallest absolute Gasteiger partial charge is 0.226 e. The van der Waals surface area contributed by atoms with Gasteiger partial charge in [-0.2, -0.15) is 0 Å². The highest BCUT2D eigenvalue weighted by Crippen LogP contribution is 2.53. The third-order valence-electron chi connectivity index (χ3n) is 2.51. The molecule has 0 aliphatic heterocycles. The van der Waals surface area contributed by atoms with E-state index >= 15 is 0 Å². The first-order chi connectivity index (χ1) is 5.84. The highest BCUT2D eigenvalue weighted by atomic mass is 35.5. The Morgan fingerprint density at radius 1 is 1.46 bits per heavy atom. The molecule has 1 saturated carbocycles. The third-order valence-corrected chi connectivity index (χ3v) is 3.35. The van der Waals surface area contributed by atoms with E-state index in [0.29, 0.717) is 12.3 Å². The van der Waals surface area contributed by atoms with Crippen molar-refractivity contribution < 1.29 is 4.79 Å². The van der Waals surface area contributed by atoms with Gasteiger partial charge in [0, 0.05) is 6.04 Å². The van der Waals surface area contributed by atoms with Gasteiger partial charge in [-0.1, -0.05) is 13.8 Å². The summed E-state index contributed by atoms with van der Waals surface area (Å²) in [7, 11) is 0. The molecule has 2 atom stereocenters. The molecule has 1 aliphatic carbocycles. The molecular weight excluding hydrogens is 209 g/mol. The fraction of sp³-hybridized carbons (Fsp3) is 0.889. The number of alkyl halides is 2. The lowest BCUT2D eigenvalue weighted by Gasteiger charge is -2.17. The molecule has 2 unspecified atom stereocenters. The van der Waals surface area contributed by atoms with Crippen molar-refractivity contribution in [3.05, 3.63) is 0 Å². The maximum Gasteiger partial charge on any atom is 0.226 e. The number of halogens is 2. The fourth-order valence-corrected chi connectivity index (χ4v) is 1.50. The molecule has 1 amide bonds. The van der Waals surface area contributed by atoms with Crippen molar-refractivity contribution in [2.24, 2.45) is 11.8 Å². The minimum absolute atomic E-state index is 0.0220. The zero-order valence-corrected chi connectivity index (χ0v) is 9.62. The summed E-state index contributed by atoms with van der Waals surface area (Å²) in [6, 6.07) is 0.178. The van der Waals surface area contributed by atoms with E-state index in [0.717, 1.165) is 0 Å². The average molecular weight is 224 g/mol. The van der Waals surface area contributed by atoms with Gasteiger partial charge >= 0.3 is 0 Å². The minimum Gasteiger partial charge on any atom is -0.353 e. The van der Waals surface area contributed by atoms with Gasteiger partial charge in [-0.3, -0.25) is 4.79 Å². The zero-order chi connectivity index (χ0) is 10.2. The minimum atomic E-state index is -0.805. The van der Waals surface area contributed by atoms with Crippen LogP contribution in [0.5, 0.6) is 0 Å². The Hall–Kier alpha value is 0.0500. The number of nitrogens with one attached hydrogen (secondary N) is 1. The maximum absolute atomic E-state index is 11.5. The molecule has 13 heavy (non-hydrogen) atoms. The molecule has 1 aliphatic rings. The van der Waals surface area contributed by atoms with Crippen molar-refractivity contribution >= 4 is 29.1 Å². The number of hydrogen-bond acceptors (Lipinski definition) is 1. The molecule has 1 fully saturated rings. The predicted molar refractivity (Wildman–Crippen MR) is 55.0 cm³/mol. The lowest BCUT2D eigenvalue weighted by atomic mass is 10.1. The van der Waals surface area contributed by atoms with Crippen LogP contribution in [-0.2, 0) is 4.79 Å². The van der Waals surface area contributed by atoms with Gasteiger partial charge in [-0.05, 0) is 19.3 Å². The fourth-order valence-electron chi connectivity index (χ4n) is 0.989. The Kier molecular flexibility index (Phi) is 3.13. The first-order valence-electron chi connectivity index (χ1n) is 4.53. The van der Waals surface area contributed by atoms with E-state index < -0.39 is 4.33 Å². The molecule has 0 spiro atoms. The van der Waals surface area contributed by atoms with Gasteiger partial charge < -0.3 is 5.32 Å². The Labute approximate surface area is 89.0 Å². The number of amides is 1. The number of hydrogen-bond donors (Lipinski definition) is 1. The van der Waals surface area contributed by atoms with E-state index in [1.165, 1.54) is 0 Å². The van der Waals surface area contributed by atoms with Crippen LogP contribution in [0.15, 0.2) is 0 Å². The van der Waals surface area contributed by atoms with Gasteiger partial charge in [0.05, 0.1) is 5.92 Å². The lowest BCUT2D eigenvalue weighted by molar-refractivity contribution is -0.123. The van der Waals surface area contributed by atoms with Gasteiger partial charge in [0.1, 0.15) is 4.33 Å². The summed E-state index contributed by atoms with van der Waals surface area (Å²) in [6.07, 6.45) is 0.576. The summed E-state index contributed by atoms with van der Waals surface area (Å²) < 4.78 is -0.805. The summed E-state index contributed by atoms with van der Waals surface area (Å²) in [5.74, 6) is 0.200. The van der Waals surface area contributed by atoms with Crippen molar-refractivity contribution in [3.63, 3.8) is 0 Å². The van der Waals surface area contributed by atoms with E-state index in [2.05, 4.69) is 19.2 Å². The molecule has 1 rings (SSSR count). The van der Waals surface area contributed by atoms with Crippen LogP contribution >= 0.6 is 23.2 Å². The quantitative estimate of drug-likeness (QED) is 0.732. The van der Waals surface area contributed by atoms with Crippen LogP contribution in [0.2, 0.25) is 0 Å². The average Bonchev–Trinajstić information content (AvgIpc) is 2.59. The van der Waals surface area contributed by atoms with E-state index in [1.807, 2.05) is 6.92 Å². The maximum atomic E-state index is 11.5. The van der Waals surface area contributed by atoms with Crippen LogP contribution in [0.3, 0.4) is 0 Å². The molecule has 0 saturated heterocycles. The molecule has 1 N–H and O–H groups in total. The molecule has 0 bridgehead atoms. The second-order valence-electron chi connectivity index (χ2n) is 4.06. The standard InChI is InChI=1S/C9H15Cl2NO/c1-5(2)6(3)12-8(13)7-4-9(7,10)11/h5-7H,4H2,1-3H3,(H,12,13). The molecule has 0 aromatic heterocycles. The second-order valence-corrected chi connectivity index (χ2v) is 5.60. The van der Waals surface area contributed by atoms with Crippen LogP contribution in [0.4, 0.5) is 0 Å². The van der Waals surface area contributed by atoms with Gasteiger partial charge in [0.2, 0.25) is 5.91 Å². The molecule has 76 valence electrons. The summed E-state index contributed by atoms with van der Waals surface area (Å²) in [6.45, 7) is 6.11. The van der Waals surface area contributed by atoms with Gasteiger partial charge in [-0.15, -0.1) is 23.2 Å². The highest BCUT2D eigenvalue weighted by Gasteiger charge is 2.56. The largest absolute Gasteiger partial charge is 0.353 e. The van der Waals surface area contributed by atoms with E-state index in [-0.39, 0.29) is 17.9 Å². The third kappa shape index (κ3) is 2.75. The topological polar surface area (TPSA) is 29.1 Å². The molecule has 0 radical (unpaired) electrons. The Morgan fingerprint density at radius 3 is 2.23 bits per heavy atom. The van der Waals surface area contributed by atoms with Gasteiger partial charge in [-0.25, -0.2) is 0 Å². The lowest BCUT2D eigenvalue weighted by Crippen LogP contribution is -2.37. The van der Waals surface area contributed by atoms with Gasteiger partial charge in [0.25, 0.3) is 0 Å². The highest BCUT2D eigenvalue weighted by molar-refractivity contribution is 6.52. The first-order valence-corrected chi connectivity index (χ1v) is 5.28. The van der Waals surface area contributed by atoms with Crippen molar-refractivity contribution in [2.75, 3.05) is 0 Å². The van der Waals surface area contributed by atoms with Crippen molar-refractivity contribution in [1.29, 1.82) is 0 Å². The molecule has 2 nitrogen and oxygen atoms in total. The molecular formula is C9H15Cl2NO. The molecule has 0 aromatic carbocycles. The Morgan fingerprint density at radius 2 is 1.92 bits per heavy atom. The monoisotopic (exact) mass is 223 g/mol. The molecule has 4 heteroatoms. The SMILES string of the molecule is CC(C)C(C)NC(=O)C1CC1(Cl)Cl. The Balaban J connectivity index is 2.35. The summed E-state index contributed by atoms with van der Waals surface area (Å²) in [5, 5.41) is 2.89. The van der Waals surface area contributed by atoms with Crippen LogP contribution in [-0.4, -0.2) is 16.3 Å². The van der Waals surface area contributed by atoms with Crippen LogP contribution in [0.25, 0.3) is 0 Å². The molecule has 0 heterocycles. The second kappa shape index (κ2) is 3.66. The first kappa shape index (κ1) is 11.1. The summed E-state index contributed by atoms with van der Waals surface area (Å²) in [4.78, 5) is 11.5. The zero-order valence-electron chi connectivity index (χ0n) is 8.10. The van der Waals surface area contributed by atoms with Crippen molar-refractivity contribution in [2.45, 2.75) is 37.6 Å². The number of rotatable bonds is 3. The van der Waals surface area contributed by atoms with Crippen LogP contribution < -0.4 is 5.32 Å². The number of carbonyl (C=O) groups excluding carboxylic acids is 1. The van der Waals surface area contributed by atoms with Gasteiger partial charge in [0.15, 0.2) is 0 Å². The Bertz CT molecular complexity index is 216. The molecule has 0 aromatic rings. The predicted octanol–water partition coefficient (Wildman–Crippen LogP) is 2.34. The normalized spacial score (nSPS) is 27.1. The van der Waals surface area contributed by atoms with Crippen LogP contribution in [0, 0.1) is 11.8 Å². The van der Waals surface area contributed by atoms with E-state index in [1.54, 1.807) is 0 Å². The van der Waals surface area contributed by atoms with E-state index in [4.69, 9.17) is 23.2 Å². The van der Waals surface area contributed by atoms with Crippen LogP contribution in [0.1, 0.15) is 27.2 Å². The summed E-state index contributed by atoms with van der Waals surface area (Å²) in [5.41, 5.74) is 0. The van der Waals surface area contributed by atoms with E-state index in [9.17, 15) is 4.79 Å². The summed E-state index contributed by atoms with van der Waals surface area (Å²) >= 11 is 11.5. The number of carbonyl (C=O) groups is 1. The van der Waals surface area contributed by atoms with Crippen molar-refractivity contribution in [3.8, 4) is 0 Å².